The number of nitrogens with zero attached hydrogens (tertiary/aromatic N) is 2. The molecule has 7 heteroatoms. The van der Waals surface area contributed by atoms with Gasteiger partial charge in [-0.25, -0.2) is 9.18 Å². The minimum Gasteiger partial charge on any atom is -0.465 e. The quantitative estimate of drug-likeness (QED) is 0.717. The largest absolute Gasteiger partial charge is 0.465 e. The van der Waals surface area contributed by atoms with Crippen molar-refractivity contribution >= 4 is 12.0 Å². The summed E-state index contributed by atoms with van der Waals surface area (Å²) in [5, 5.41) is 11.7. The first-order valence-corrected chi connectivity index (χ1v) is 11.1. The number of rotatable bonds is 6. The molecular weight excluding hydrogens is 409 g/mol. The second-order valence-electron chi connectivity index (χ2n) is 9.10. The summed E-state index contributed by atoms with van der Waals surface area (Å²) in [5.41, 5.74) is 3.49. The highest BCUT2D eigenvalue weighted by Gasteiger charge is 2.42. The van der Waals surface area contributed by atoms with Crippen molar-refractivity contribution in [1.29, 1.82) is 0 Å². The fourth-order valence-electron chi connectivity index (χ4n) is 5.25. The van der Waals surface area contributed by atoms with Gasteiger partial charge in [-0.1, -0.05) is 30.3 Å². The summed E-state index contributed by atoms with van der Waals surface area (Å²) in [6.45, 7) is 7.99. The molecule has 2 amide bonds. The van der Waals surface area contributed by atoms with Crippen LogP contribution in [0.4, 0.5) is 9.18 Å². The van der Waals surface area contributed by atoms with Crippen molar-refractivity contribution in [2.45, 2.75) is 26.3 Å². The van der Waals surface area contributed by atoms with Crippen LogP contribution in [0.15, 0.2) is 42.5 Å². The summed E-state index contributed by atoms with van der Waals surface area (Å²) in [6, 6.07) is 11.6. The molecule has 170 valence electrons. The van der Waals surface area contributed by atoms with Crippen molar-refractivity contribution in [3.8, 4) is 0 Å². The summed E-state index contributed by atoms with van der Waals surface area (Å²) < 4.78 is 13.6. The average molecular weight is 440 g/mol. The molecule has 0 saturated carbocycles. The normalized spacial score (nSPS) is 21.4. The van der Waals surface area contributed by atoms with Crippen molar-refractivity contribution in [3.05, 3.63) is 70.5 Å². The smallest absolute Gasteiger partial charge is 0.405 e. The second-order valence-corrected chi connectivity index (χ2v) is 9.10. The first kappa shape index (κ1) is 22.3. The van der Waals surface area contributed by atoms with Crippen LogP contribution in [0.2, 0.25) is 0 Å². The van der Waals surface area contributed by atoms with Crippen LogP contribution in [-0.2, 0) is 0 Å². The third kappa shape index (κ3) is 4.78. The maximum absolute atomic E-state index is 13.6. The fourth-order valence-corrected chi connectivity index (χ4v) is 5.25. The van der Waals surface area contributed by atoms with Gasteiger partial charge in [0.1, 0.15) is 5.82 Å². The number of carboxylic acid groups (broad SMARTS) is 1. The van der Waals surface area contributed by atoms with Gasteiger partial charge in [0.15, 0.2) is 0 Å². The van der Waals surface area contributed by atoms with E-state index in [1.54, 1.807) is 12.1 Å². The highest BCUT2D eigenvalue weighted by molar-refractivity contribution is 5.97. The number of halogens is 1. The number of benzene rings is 2. The third-order valence-corrected chi connectivity index (χ3v) is 6.83. The maximum Gasteiger partial charge on any atom is 0.405 e. The molecule has 2 aromatic carbocycles. The number of likely N-dealkylation sites (tertiary alicyclic amines) is 2. The number of nitrogens with one attached hydrogen (secondary N) is 1. The second kappa shape index (κ2) is 9.28. The van der Waals surface area contributed by atoms with Crippen LogP contribution in [0.25, 0.3) is 0 Å². The van der Waals surface area contributed by atoms with Crippen molar-refractivity contribution < 1.29 is 19.1 Å². The van der Waals surface area contributed by atoms with E-state index in [1.165, 1.54) is 12.1 Å². The molecule has 2 saturated heterocycles. The molecule has 4 rings (SSSR count). The summed E-state index contributed by atoms with van der Waals surface area (Å²) >= 11 is 0. The van der Waals surface area contributed by atoms with Gasteiger partial charge in [0.05, 0.1) is 6.04 Å². The van der Waals surface area contributed by atoms with E-state index in [9.17, 15) is 19.1 Å². The standard InChI is InChI=1S/C25H30FN3O3/c1-16-5-3-6-17(2)23(16)24(30)29-14-19-12-28(13-20(19)15-29)10-9-22(27-25(31)32)18-7-4-8-21(26)11-18/h3-8,11,19-20,22,27H,9-10,12-15H2,1-2H3,(H,31,32)/t19?,20?,22-/m0/s1. The number of aryl methyl sites for hydroxylation is 2. The Balaban J connectivity index is 1.34. The highest BCUT2D eigenvalue weighted by atomic mass is 19.1. The lowest BCUT2D eigenvalue weighted by Crippen LogP contribution is -2.35. The Labute approximate surface area is 188 Å². The zero-order chi connectivity index (χ0) is 22.8. The summed E-state index contributed by atoms with van der Waals surface area (Å²) in [5.74, 6) is 0.620. The highest BCUT2D eigenvalue weighted by Crippen LogP contribution is 2.33. The lowest BCUT2D eigenvalue weighted by Gasteiger charge is -2.25. The van der Waals surface area contributed by atoms with Gasteiger partial charge < -0.3 is 20.2 Å². The van der Waals surface area contributed by atoms with E-state index < -0.39 is 12.1 Å². The van der Waals surface area contributed by atoms with E-state index in [-0.39, 0.29) is 11.7 Å². The van der Waals surface area contributed by atoms with Gasteiger partial charge in [-0.2, -0.15) is 0 Å². The zero-order valence-electron chi connectivity index (χ0n) is 18.6. The Hall–Kier alpha value is -2.93. The molecule has 0 aromatic heterocycles. The Kier molecular flexibility index (Phi) is 6.46. The summed E-state index contributed by atoms with van der Waals surface area (Å²) in [6.07, 6.45) is -0.543. The van der Waals surface area contributed by atoms with Crippen LogP contribution in [0, 0.1) is 31.5 Å². The monoisotopic (exact) mass is 439 g/mol. The number of fused-ring (bicyclic) bond motifs is 1. The number of hydrogen-bond acceptors (Lipinski definition) is 3. The Morgan fingerprint density at radius 3 is 2.28 bits per heavy atom. The lowest BCUT2D eigenvalue weighted by atomic mass is 10.0. The minimum absolute atomic E-state index is 0.123. The Bertz CT molecular complexity index is 977. The number of hydrogen-bond donors (Lipinski definition) is 2. The van der Waals surface area contributed by atoms with Crippen LogP contribution < -0.4 is 5.32 Å². The van der Waals surface area contributed by atoms with Crippen LogP contribution in [0.3, 0.4) is 0 Å². The van der Waals surface area contributed by atoms with E-state index in [4.69, 9.17) is 0 Å². The van der Waals surface area contributed by atoms with Gasteiger partial charge in [-0.3, -0.25) is 4.79 Å². The molecule has 32 heavy (non-hydrogen) atoms. The molecular formula is C25H30FN3O3. The molecule has 2 N–H and O–H groups in total. The van der Waals surface area contributed by atoms with Gasteiger partial charge in [-0.15, -0.1) is 0 Å². The molecule has 2 unspecified atom stereocenters. The van der Waals surface area contributed by atoms with E-state index in [0.717, 1.165) is 49.4 Å². The van der Waals surface area contributed by atoms with Crippen LogP contribution in [0.5, 0.6) is 0 Å². The molecule has 0 bridgehead atoms. The first-order chi connectivity index (χ1) is 15.3. The van der Waals surface area contributed by atoms with Gasteiger partial charge >= 0.3 is 6.09 Å². The zero-order valence-corrected chi connectivity index (χ0v) is 18.6. The average Bonchev–Trinajstić information content (AvgIpc) is 3.29. The van der Waals surface area contributed by atoms with Crippen molar-refractivity contribution in [1.82, 2.24) is 15.1 Å². The van der Waals surface area contributed by atoms with E-state index in [2.05, 4.69) is 10.2 Å². The summed E-state index contributed by atoms with van der Waals surface area (Å²) in [4.78, 5) is 28.7. The molecule has 0 aliphatic carbocycles. The topological polar surface area (TPSA) is 72.9 Å². The van der Waals surface area contributed by atoms with E-state index in [1.807, 2.05) is 36.9 Å². The molecule has 2 aromatic rings. The number of carbonyl (C=O) groups is 2. The van der Waals surface area contributed by atoms with Crippen LogP contribution >= 0.6 is 0 Å². The minimum atomic E-state index is -1.11. The Morgan fingerprint density at radius 2 is 1.69 bits per heavy atom. The van der Waals surface area contributed by atoms with Gasteiger partial charge in [0.25, 0.3) is 5.91 Å². The van der Waals surface area contributed by atoms with E-state index in [0.29, 0.717) is 23.8 Å². The molecule has 2 aliphatic heterocycles. The van der Waals surface area contributed by atoms with Crippen LogP contribution in [-0.4, -0.2) is 59.6 Å². The predicted molar refractivity (Wildman–Crippen MR) is 120 cm³/mol. The first-order valence-electron chi connectivity index (χ1n) is 11.1. The van der Waals surface area contributed by atoms with Crippen LogP contribution in [0.1, 0.15) is 39.5 Å². The van der Waals surface area contributed by atoms with Gasteiger partial charge in [-0.05, 0) is 60.9 Å². The number of amides is 2. The molecule has 3 atom stereocenters. The molecule has 0 radical (unpaired) electrons. The predicted octanol–water partition coefficient (Wildman–Crippen LogP) is 3.85. The number of carbonyl (C=O) groups excluding carboxylic acids is 1. The van der Waals surface area contributed by atoms with Gasteiger partial charge in [0.2, 0.25) is 0 Å². The molecule has 2 aliphatic rings. The van der Waals surface area contributed by atoms with Gasteiger partial charge in [0, 0.05) is 38.3 Å². The molecule has 0 spiro atoms. The fraction of sp³-hybridized carbons (Fsp3) is 0.440. The summed E-state index contributed by atoms with van der Waals surface area (Å²) in [7, 11) is 0. The van der Waals surface area contributed by atoms with E-state index >= 15 is 0 Å². The SMILES string of the molecule is Cc1cccc(C)c1C(=O)N1CC2CN(CC[C@H](NC(=O)O)c3cccc(F)c3)CC2C1. The van der Waals surface area contributed by atoms with Crippen molar-refractivity contribution in [2.24, 2.45) is 11.8 Å². The van der Waals surface area contributed by atoms with Crippen molar-refractivity contribution in [3.63, 3.8) is 0 Å². The Morgan fingerprint density at radius 1 is 1.06 bits per heavy atom. The molecule has 2 heterocycles. The maximum atomic E-state index is 13.6. The molecule has 6 nitrogen and oxygen atoms in total. The lowest BCUT2D eigenvalue weighted by molar-refractivity contribution is 0.0772. The third-order valence-electron chi connectivity index (χ3n) is 6.83. The van der Waals surface area contributed by atoms with Crippen molar-refractivity contribution in [2.75, 3.05) is 32.7 Å². The molecule has 2 fully saturated rings.